The van der Waals surface area contributed by atoms with E-state index < -0.39 is 5.97 Å². The van der Waals surface area contributed by atoms with Crippen LogP contribution < -0.4 is 0 Å². The molecule has 2 radical (unpaired) electrons. The molecule has 0 aliphatic rings. The summed E-state index contributed by atoms with van der Waals surface area (Å²) in [5, 5.41) is 0. The molecule has 3 heteroatoms. The predicted octanol–water partition coefficient (Wildman–Crippen LogP) is 1.49. The second-order valence-electron chi connectivity index (χ2n) is 2.46. The maximum absolute atomic E-state index is 10.9. The maximum atomic E-state index is 10.9. The molecule has 0 fully saturated rings. The Morgan fingerprint density at radius 3 is 2.92 bits per heavy atom. The third-order valence-corrected chi connectivity index (χ3v) is 1.68. The fraction of sp³-hybridized carbons (Fsp3) is 0.222. The maximum Gasteiger partial charge on any atom is 0.378 e. The first-order valence-electron chi connectivity index (χ1n) is 3.78. The van der Waals surface area contributed by atoms with Crippen LogP contribution in [0.15, 0.2) is 24.3 Å². The van der Waals surface area contributed by atoms with Crippen molar-refractivity contribution in [2.45, 2.75) is 13.3 Å². The molecular formula is C9H9BO2. The van der Waals surface area contributed by atoms with E-state index in [1.165, 1.54) is 0 Å². The van der Waals surface area contributed by atoms with Crippen molar-refractivity contribution >= 4 is 14.0 Å². The Morgan fingerprint density at radius 1 is 1.58 bits per heavy atom. The summed E-state index contributed by atoms with van der Waals surface area (Å²) in [5.41, 5.74) is 1.59. The summed E-state index contributed by atoms with van der Waals surface area (Å²) in [6, 6.07) is 7.21. The molecule has 2 nitrogen and oxygen atoms in total. The molecule has 0 bridgehead atoms. The van der Waals surface area contributed by atoms with Gasteiger partial charge in [-0.05, 0) is 24.1 Å². The molecule has 0 N–H and O–H groups in total. The van der Waals surface area contributed by atoms with Crippen LogP contribution in [0.5, 0.6) is 0 Å². The Labute approximate surface area is 73.0 Å². The van der Waals surface area contributed by atoms with Gasteiger partial charge in [0.15, 0.2) is 0 Å². The summed E-state index contributed by atoms with van der Waals surface area (Å²) in [4.78, 5) is 10.9. The van der Waals surface area contributed by atoms with Crippen molar-refractivity contribution in [1.29, 1.82) is 0 Å². The highest BCUT2D eigenvalue weighted by atomic mass is 16.5. The Bertz CT molecular complexity index is 284. The summed E-state index contributed by atoms with van der Waals surface area (Å²) in [7, 11) is 4.75. The fourth-order valence-corrected chi connectivity index (χ4v) is 0.986. The van der Waals surface area contributed by atoms with Gasteiger partial charge in [0, 0.05) is 0 Å². The fourth-order valence-electron chi connectivity index (χ4n) is 0.986. The Balaban J connectivity index is 2.93. The Kier molecular flexibility index (Phi) is 2.91. The molecule has 0 atom stereocenters. The van der Waals surface area contributed by atoms with Crippen molar-refractivity contribution in [3.63, 3.8) is 0 Å². The zero-order valence-corrected chi connectivity index (χ0v) is 6.91. The van der Waals surface area contributed by atoms with E-state index in [1.807, 2.05) is 19.1 Å². The van der Waals surface area contributed by atoms with Crippen LogP contribution >= 0.6 is 0 Å². The molecule has 0 saturated carbocycles. The van der Waals surface area contributed by atoms with E-state index in [0.717, 1.165) is 12.0 Å². The lowest BCUT2D eigenvalue weighted by molar-refractivity contribution is 0.0749. The highest BCUT2D eigenvalue weighted by Gasteiger charge is 2.03. The molecule has 1 rings (SSSR count). The Morgan fingerprint density at radius 2 is 2.33 bits per heavy atom. The third-order valence-electron chi connectivity index (χ3n) is 1.68. The van der Waals surface area contributed by atoms with E-state index in [2.05, 4.69) is 4.65 Å². The summed E-state index contributed by atoms with van der Waals surface area (Å²) in [5.74, 6) is -0.495. The van der Waals surface area contributed by atoms with Crippen LogP contribution in [0.1, 0.15) is 22.8 Å². The van der Waals surface area contributed by atoms with Crippen molar-refractivity contribution in [3.8, 4) is 0 Å². The van der Waals surface area contributed by atoms with E-state index in [9.17, 15) is 4.79 Å². The molecular weight excluding hydrogens is 151 g/mol. The van der Waals surface area contributed by atoms with Gasteiger partial charge in [0.2, 0.25) is 0 Å². The van der Waals surface area contributed by atoms with Crippen molar-refractivity contribution in [1.82, 2.24) is 0 Å². The highest BCUT2D eigenvalue weighted by molar-refractivity contribution is 6.09. The van der Waals surface area contributed by atoms with Gasteiger partial charge in [0.05, 0.1) is 5.56 Å². The smallest absolute Gasteiger partial charge is 0.378 e. The number of rotatable bonds is 2. The number of carbonyl (C=O) groups is 1. The molecule has 0 aliphatic carbocycles. The number of aryl methyl sites for hydroxylation is 1. The molecule has 0 aromatic heterocycles. The van der Waals surface area contributed by atoms with Crippen LogP contribution in [0.3, 0.4) is 0 Å². The van der Waals surface area contributed by atoms with Crippen LogP contribution in [0.4, 0.5) is 0 Å². The molecule has 0 amide bonds. The molecule has 0 heterocycles. The lowest BCUT2D eigenvalue weighted by atomic mass is 10.1. The van der Waals surface area contributed by atoms with E-state index in [0.29, 0.717) is 5.56 Å². The zero-order chi connectivity index (χ0) is 8.97. The van der Waals surface area contributed by atoms with Gasteiger partial charge in [-0.25, -0.2) is 4.79 Å². The van der Waals surface area contributed by atoms with Crippen molar-refractivity contribution in [2.75, 3.05) is 0 Å². The van der Waals surface area contributed by atoms with Crippen LogP contribution in [-0.2, 0) is 11.1 Å². The third kappa shape index (κ3) is 1.88. The summed E-state index contributed by atoms with van der Waals surface area (Å²) >= 11 is 0. The monoisotopic (exact) mass is 160 g/mol. The SMILES string of the molecule is [B]OC(=O)c1cccc(CC)c1. The highest BCUT2D eigenvalue weighted by Crippen LogP contribution is 2.06. The van der Waals surface area contributed by atoms with Gasteiger partial charge in [-0.1, -0.05) is 19.1 Å². The molecule has 0 spiro atoms. The minimum absolute atomic E-state index is 0.495. The first-order valence-corrected chi connectivity index (χ1v) is 3.78. The molecule has 1 aromatic carbocycles. The van der Waals surface area contributed by atoms with Crippen molar-refractivity contribution in [3.05, 3.63) is 35.4 Å². The minimum Gasteiger partial charge on any atom is -0.540 e. The predicted molar refractivity (Wildman–Crippen MR) is 47.0 cm³/mol. The van der Waals surface area contributed by atoms with Crippen LogP contribution in [0, 0.1) is 0 Å². The second kappa shape index (κ2) is 3.95. The van der Waals surface area contributed by atoms with Crippen molar-refractivity contribution in [2.24, 2.45) is 0 Å². The summed E-state index contributed by atoms with van der Waals surface area (Å²) < 4.78 is 4.10. The summed E-state index contributed by atoms with van der Waals surface area (Å²) in [6.07, 6.45) is 0.895. The van der Waals surface area contributed by atoms with Crippen LogP contribution in [-0.4, -0.2) is 14.0 Å². The second-order valence-corrected chi connectivity index (χ2v) is 2.46. The van der Waals surface area contributed by atoms with Gasteiger partial charge >= 0.3 is 14.0 Å². The molecule has 60 valence electrons. The molecule has 0 aliphatic heterocycles. The van der Waals surface area contributed by atoms with Crippen molar-refractivity contribution < 1.29 is 9.45 Å². The van der Waals surface area contributed by atoms with Crippen LogP contribution in [0.2, 0.25) is 0 Å². The lowest BCUT2D eigenvalue weighted by Gasteiger charge is -2.01. The lowest BCUT2D eigenvalue weighted by Crippen LogP contribution is -2.02. The van der Waals surface area contributed by atoms with Gasteiger partial charge in [-0.15, -0.1) is 0 Å². The average molecular weight is 160 g/mol. The van der Waals surface area contributed by atoms with Gasteiger partial charge < -0.3 is 4.65 Å². The van der Waals surface area contributed by atoms with Crippen LogP contribution in [0.25, 0.3) is 0 Å². The normalized spacial score (nSPS) is 9.42. The van der Waals surface area contributed by atoms with Gasteiger partial charge in [-0.3, -0.25) is 0 Å². The van der Waals surface area contributed by atoms with Gasteiger partial charge in [0.1, 0.15) is 0 Å². The first-order chi connectivity index (χ1) is 5.77. The van der Waals surface area contributed by atoms with Gasteiger partial charge in [0.25, 0.3) is 0 Å². The molecule has 1 aromatic rings. The number of hydrogen-bond acceptors (Lipinski definition) is 2. The standard InChI is InChI=1S/C9H9BO2/c1-2-7-4-3-5-8(6-7)9(11)12-10/h3-6H,2H2,1H3. The quantitative estimate of drug-likeness (QED) is 0.612. The minimum atomic E-state index is -0.495. The molecule has 12 heavy (non-hydrogen) atoms. The largest absolute Gasteiger partial charge is 0.540 e. The Hall–Kier alpha value is -1.25. The summed E-state index contributed by atoms with van der Waals surface area (Å²) in [6.45, 7) is 2.02. The van der Waals surface area contributed by atoms with E-state index in [1.54, 1.807) is 12.1 Å². The molecule has 0 unspecified atom stereocenters. The molecule has 0 saturated heterocycles. The number of carbonyl (C=O) groups excluding carboxylic acids is 1. The van der Waals surface area contributed by atoms with E-state index in [4.69, 9.17) is 8.05 Å². The van der Waals surface area contributed by atoms with E-state index in [-0.39, 0.29) is 0 Å². The van der Waals surface area contributed by atoms with E-state index >= 15 is 0 Å². The number of hydrogen-bond donors (Lipinski definition) is 0. The first kappa shape index (κ1) is 8.85. The average Bonchev–Trinajstić information content (AvgIpc) is 2.17. The topological polar surface area (TPSA) is 26.3 Å². The number of benzene rings is 1. The van der Waals surface area contributed by atoms with Gasteiger partial charge in [-0.2, -0.15) is 0 Å². The zero-order valence-electron chi connectivity index (χ0n) is 6.91.